The maximum absolute atomic E-state index is 13.6. The highest BCUT2D eigenvalue weighted by Gasteiger charge is 2.48. The molecule has 1 saturated heterocycles. The van der Waals surface area contributed by atoms with E-state index in [2.05, 4.69) is 9.97 Å². The van der Waals surface area contributed by atoms with E-state index in [9.17, 15) is 14.7 Å². The van der Waals surface area contributed by atoms with Crippen molar-refractivity contribution < 1.29 is 19.4 Å². The SMILES string of the molecule is COc1cccc(C2C(=C(O)c3c(C)nc4ccccn34)C(=O)C(=O)N2c2nc3ccc(Cl)cc3s2)c1. The van der Waals surface area contributed by atoms with Crippen LogP contribution in [0.25, 0.3) is 21.6 Å². The number of methoxy groups -OCH3 is 1. The van der Waals surface area contributed by atoms with Crippen molar-refractivity contribution in [3.63, 3.8) is 0 Å². The average Bonchev–Trinajstić information content (AvgIpc) is 3.54. The minimum atomic E-state index is -0.945. The Morgan fingerprint density at radius 1 is 1.08 bits per heavy atom. The van der Waals surface area contributed by atoms with Crippen LogP contribution in [0.4, 0.5) is 5.13 Å². The molecule has 0 aliphatic carbocycles. The number of imidazole rings is 1. The number of aryl methyl sites for hydroxylation is 1. The molecule has 0 spiro atoms. The molecule has 1 unspecified atom stereocenters. The van der Waals surface area contributed by atoms with Crippen molar-refractivity contribution in [3.8, 4) is 5.75 Å². The second kappa shape index (κ2) is 8.72. The Hall–Kier alpha value is -4.21. The summed E-state index contributed by atoms with van der Waals surface area (Å²) in [6, 6.07) is 16.8. The number of hydrogen-bond acceptors (Lipinski definition) is 7. The molecule has 1 N–H and O–H groups in total. The summed E-state index contributed by atoms with van der Waals surface area (Å²) in [6.07, 6.45) is 1.75. The number of thiazole rings is 1. The minimum Gasteiger partial charge on any atom is -0.505 e. The van der Waals surface area contributed by atoms with Gasteiger partial charge < -0.3 is 9.84 Å². The van der Waals surface area contributed by atoms with Gasteiger partial charge in [0, 0.05) is 11.2 Å². The summed E-state index contributed by atoms with van der Waals surface area (Å²) >= 11 is 7.41. The van der Waals surface area contributed by atoms with Crippen LogP contribution >= 0.6 is 22.9 Å². The van der Waals surface area contributed by atoms with Gasteiger partial charge in [0.15, 0.2) is 10.9 Å². The topological polar surface area (TPSA) is 97.0 Å². The molecule has 2 aromatic carbocycles. The van der Waals surface area contributed by atoms with Crippen LogP contribution in [0.5, 0.6) is 5.75 Å². The third kappa shape index (κ3) is 3.66. The molecule has 1 fully saturated rings. The lowest BCUT2D eigenvalue weighted by Gasteiger charge is -2.23. The molecule has 0 radical (unpaired) electrons. The van der Waals surface area contributed by atoms with Gasteiger partial charge in [0.25, 0.3) is 5.78 Å². The molecule has 0 bridgehead atoms. The Morgan fingerprint density at radius 3 is 2.73 bits per heavy atom. The van der Waals surface area contributed by atoms with Crippen molar-refractivity contribution in [1.82, 2.24) is 14.4 Å². The quantitative estimate of drug-likeness (QED) is 0.186. The summed E-state index contributed by atoms with van der Waals surface area (Å²) in [4.78, 5) is 37.6. The highest BCUT2D eigenvalue weighted by molar-refractivity contribution is 7.22. The summed E-state index contributed by atoms with van der Waals surface area (Å²) < 4.78 is 7.87. The van der Waals surface area contributed by atoms with Gasteiger partial charge in [0.2, 0.25) is 0 Å². The van der Waals surface area contributed by atoms with Gasteiger partial charge in [-0.25, -0.2) is 9.97 Å². The van der Waals surface area contributed by atoms with Crippen molar-refractivity contribution in [2.24, 2.45) is 0 Å². The number of hydrogen-bond donors (Lipinski definition) is 1. The van der Waals surface area contributed by atoms with Gasteiger partial charge in [-0.3, -0.25) is 18.9 Å². The number of ether oxygens (including phenoxy) is 1. The Morgan fingerprint density at radius 2 is 1.92 bits per heavy atom. The maximum atomic E-state index is 13.6. The predicted molar refractivity (Wildman–Crippen MR) is 142 cm³/mol. The van der Waals surface area contributed by atoms with Gasteiger partial charge in [0.05, 0.1) is 34.6 Å². The molecule has 1 amide bonds. The number of pyridine rings is 1. The first-order valence-electron chi connectivity index (χ1n) is 11.3. The van der Waals surface area contributed by atoms with Gasteiger partial charge in [-0.05, 0) is 55.0 Å². The summed E-state index contributed by atoms with van der Waals surface area (Å²) in [6.45, 7) is 1.75. The molecule has 3 aromatic heterocycles. The number of aliphatic hydroxyl groups excluding tert-OH is 1. The zero-order valence-corrected chi connectivity index (χ0v) is 21.2. The fraction of sp³-hybridized carbons (Fsp3) is 0.111. The van der Waals surface area contributed by atoms with Crippen LogP contribution in [0.3, 0.4) is 0 Å². The number of carbonyl (C=O) groups excluding carboxylic acids is 2. The van der Waals surface area contributed by atoms with E-state index in [-0.39, 0.29) is 11.3 Å². The number of aromatic nitrogens is 3. The van der Waals surface area contributed by atoms with E-state index in [1.807, 2.05) is 6.07 Å². The largest absolute Gasteiger partial charge is 0.505 e. The first-order valence-corrected chi connectivity index (χ1v) is 12.5. The van der Waals surface area contributed by atoms with E-state index >= 15 is 0 Å². The molecule has 6 rings (SSSR count). The Labute approximate surface area is 220 Å². The van der Waals surface area contributed by atoms with Gasteiger partial charge in [-0.2, -0.15) is 0 Å². The number of Topliss-reactive ketones (excluding diaryl/α,β-unsaturated/α-hetero) is 1. The first-order chi connectivity index (χ1) is 17.9. The number of nitrogens with zero attached hydrogens (tertiary/aromatic N) is 4. The van der Waals surface area contributed by atoms with Gasteiger partial charge in [-0.15, -0.1) is 0 Å². The van der Waals surface area contributed by atoms with Crippen LogP contribution in [0.15, 0.2) is 72.4 Å². The summed E-state index contributed by atoms with van der Waals surface area (Å²) in [5, 5.41) is 12.5. The van der Waals surface area contributed by atoms with Crippen LogP contribution in [0.1, 0.15) is 23.0 Å². The van der Waals surface area contributed by atoms with Crippen molar-refractivity contribution in [3.05, 3.63) is 94.4 Å². The fourth-order valence-corrected chi connectivity index (χ4v) is 5.94. The van der Waals surface area contributed by atoms with Gasteiger partial charge in [0.1, 0.15) is 17.1 Å². The molecule has 8 nitrogen and oxygen atoms in total. The molecule has 1 atom stereocenters. The number of aliphatic hydroxyl groups is 1. The highest BCUT2D eigenvalue weighted by Crippen LogP contribution is 2.45. The second-order valence-electron chi connectivity index (χ2n) is 8.53. The molecule has 5 aromatic rings. The standard InChI is InChI=1S/C27H19ClN4O4S/c1-14-22(31-11-4-3-8-20(31)29-14)24(33)21-23(15-6-5-7-17(12-15)36-2)32(26(35)25(21)34)27-30-18-10-9-16(28)13-19(18)37-27/h3-13,23,33H,1-2H3. The molecular formula is C27H19ClN4O4S. The third-order valence-corrected chi connectivity index (χ3v) is 7.58. The number of benzene rings is 2. The summed E-state index contributed by atoms with van der Waals surface area (Å²) in [5.74, 6) is -1.36. The van der Waals surface area contributed by atoms with Crippen LogP contribution in [0, 0.1) is 6.92 Å². The second-order valence-corrected chi connectivity index (χ2v) is 9.97. The van der Waals surface area contributed by atoms with Crippen molar-refractivity contribution >= 4 is 61.4 Å². The number of anilines is 1. The number of ketones is 1. The van der Waals surface area contributed by atoms with Gasteiger partial charge in [-0.1, -0.05) is 41.1 Å². The lowest BCUT2D eigenvalue weighted by Crippen LogP contribution is -2.29. The van der Waals surface area contributed by atoms with Crippen LogP contribution in [0.2, 0.25) is 5.02 Å². The zero-order valence-electron chi connectivity index (χ0n) is 19.7. The predicted octanol–water partition coefficient (Wildman–Crippen LogP) is 5.54. The molecule has 184 valence electrons. The molecule has 10 heteroatoms. The van der Waals surface area contributed by atoms with Gasteiger partial charge >= 0.3 is 5.91 Å². The minimum absolute atomic E-state index is 0.0516. The number of rotatable bonds is 4. The lowest BCUT2D eigenvalue weighted by molar-refractivity contribution is -0.132. The highest BCUT2D eigenvalue weighted by atomic mass is 35.5. The number of halogens is 1. The first kappa shape index (κ1) is 23.2. The van der Waals surface area contributed by atoms with Crippen LogP contribution in [-0.4, -0.2) is 38.3 Å². The van der Waals surface area contributed by atoms with E-state index in [0.717, 1.165) is 4.70 Å². The van der Waals surface area contributed by atoms with E-state index in [1.54, 1.807) is 72.1 Å². The Balaban J connectivity index is 1.62. The zero-order chi connectivity index (χ0) is 25.8. The normalized spacial score (nSPS) is 17.3. The lowest BCUT2D eigenvalue weighted by atomic mass is 9.96. The van der Waals surface area contributed by atoms with E-state index in [4.69, 9.17) is 16.3 Å². The smallest absolute Gasteiger partial charge is 0.301 e. The van der Waals surface area contributed by atoms with Crippen molar-refractivity contribution in [2.45, 2.75) is 13.0 Å². The van der Waals surface area contributed by atoms with E-state index < -0.39 is 17.7 Å². The Bertz CT molecular complexity index is 1770. The average molecular weight is 531 g/mol. The number of carbonyl (C=O) groups is 2. The molecule has 4 heterocycles. The number of fused-ring (bicyclic) bond motifs is 2. The number of amides is 1. The molecule has 1 aliphatic rings. The van der Waals surface area contributed by atoms with E-state index in [0.29, 0.717) is 44.0 Å². The molecule has 0 saturated carbocycles. The molecule has 37 heavy (non-hydrogen) atoms. The van der Waals surface area contributed by atoms with Crippen molar-refractivity contribution in [2.75, 3.05) is 12.0 Å². The van der Waals surface area contributed by atoms with Crippen molar-refractivity contribution in [1.29, 1.82) is 0 Å². The summed E-state index contributed by atoms with van der Waals surface area (Å²) in [5.41, 5.74) is 2.66. The van der Waals surface area contributed by atoms with Crippen LogP contribution in [-0.2, 0) is 9.59 Å². The van der Waals surface area contributed by atoms with Crippen LogP contribution < -0.4 is 9.64 Å². The fourth-order valence-electron chi connectivity index (χ4n) is 4.67. The maximum Gasteiger partial charge on any atom is 0.301 e. The third-order valence-electron chi connectivity index (χ3n) is 6.33. The van der Waals surface area contributed by atoms with E-state index in [1.165, 1.54) is 23.3 Å². The summed E-state index contributed by atoms with van der Waals surface area (Å²) in [7, 11) is 1.54. The monoisotopic (exact) mass is 530 g/mol. The molecule has 1 aliphatic heterocycles. The Kier molecular flexibility index (Phi) is 5.47. The molecular weight excluding hydrogens is 512 g/mol.